The van der Waals surface area contributed by atoms with Crippen LogP contribution in [0.5, 0.6) is 5.75 Å². The Kier molecular flexibility index (Phi) is 8.94. The molecule has 4 rings (SSSR count). The van der Waals surface area contributed by atoms with E-state index in [9.17, 15) is 14.4 Å². The smallest absolute Gasteiger partial charge is 0.337 e. The highest BCUT2D eigenvalue weighted by atomic mass is 16.5. The number of para-hydroxylation sites is 2. The lowest BCUT2D eigenvalue weighted by molar-refractivity contribution is -0.115. The molecule has 0 aromatic heterocycles. The molecule has 0 saturated heterocycles. The van der Waals surface area contributed by atoms with Gasteiger partial charge in [-0.25, -0.2) is 4.79 Å². The van der Waals surface area contributed by atoms with Gasteiger partial charge < -0.3 is 25.8 Å². The zero-order chi connectivity index (χ0) is 28.5. The van der Waals surface area contributed by atoms with Crippen LogP contribution in [-0.2, 0) is 16.1 Å². The second kappa shape index (κ2) is 12.9. The van der Waals surface area contributed by atoms with Crippen molar-refractivity contribution in [1.29, 1.82) is 0 Å². The maximum absolute atomic E-state index is 13.3. The highest BCUT2D eigenvalue weighted by molar-refractivity contribution is 6.24. The minimum atomic E-state index is -0.434. The van der Waals surface area contributed by atoms with E-state index >= 15 is 0 Å². The Morgan fingerprint density at radius 2 is 1.40 bits per heavy atom. The summed E-state index contributed by atoms with van der Waals surface area (Å²) in [5, 5.41) is 5.75. The number of benzene rings is 4. The lowest BCUT2D eigenvalue weighted by atomic mass is 10.0. The van der Waals surface area contributed by atoms with Gasteiger partial charge >= 0.3 is 5.97 Å². The van der Waals surface area contributed by atoms with Crippen LogP contribution in [0.1, 0.15) is 37.4 Å². The number of hydrogen-bond acceptors (Lipinski definition) is 6. The maximum atomic E-state index is 13.3. The van der Waals surface area contributed by atoms with Crippen LogP contribution in [0.25, 0.3) is 11.6 Å². The molecular formula is C32H29N3O5. The summed E-state index contributed by atoms with van der Waals surface area (Å²) in [4.78, 5) is 37.7. The molecule has 0 fully saturated rings. The Morgan fingerprint density at radius 3 is 2.02 bits per heavy atom. The van der Waals surface area contributed by atoms with E-state index in [4.69, 9.17) is 15.2 Å². The monoisotopic (exact) mass is 535 g/mol. The normalized spacial score (nSPS) is 10.9. The zero-order valence-corrected chi connectivity index (χ0v) is 22.1. The predicted octanol–water partition coefficient (Wildman–Crippen LogP) is 5.17. The molecule has 0 spiro atoms. The number of carbonyl (C=O) groups excluding carboxylic acids is 3. The van der Waals surface area contributed by atoms with Crippen LogP contribution in [0.3, 0.4) is 0 Å². The van der Waals surface area contributed by atoms with Gasteiger partial charge in [-0.05, 0) is 71.3 Å². The average molecular weight is 536 g/mol. The first kappa shape index (κ1) is 27.7. The number of esters is 1. The van der Waals surface area contributed by atoms with E-state index in [0.717, 1.165) is 11.1 Å². The first-order valence-corrected chi connectivity index (χ1v) is 12.5. The minimum Gasteiger partial charge on any atom is -0.497 e. The van der Waals surface area contributed by atoms with Crippen LogP contribution in [0.15, 0.2) is 97.1 Å². The van der Waals surface area contributed by atoms with Crippen molar-refractivity contribution in [3.8, 4) is 5.75 Å². The van der Waals surface area contributed by atoms with Gasteiger partial charge in [0.1, 0.15) is 5.75 Å². The number of nitrogen functional groups attached to an aromatic ring is 1. The standard InChI is InChI=1S/C32H29N3O5/c1-39-26-17-15-23(16-18-26)27(19-21-7-13-25(14-8-21)32(38)40-2)31(37)34-20-22-9-11-24(12-10-22)30(36)35-29-6-4-3-5-28(29)33/h3-19H,20,33H2,1-2H3,(H,34,37)(H,35,36)/b27-19+. The summed E-state index contributed by atoms with van der Waals surface area (Å²) < 4.78 is 10.0. The molecule has 4 aromatic rings. The van der Waals surface area contributed by atoms with Gasteiger partial charge in [-0.2, -0.15) is 0 Å². The van der Waals surface area contributed by atoms with Gasteiger partial charge in [-0.15, -0.1) is 0 Å². The minimum absolute atomic E-state index is 0.251. The molecule has 2 amide bonds. The SMILES string of the molecule is COC(=O)c1ccc(/C=C(/C(=O)NCc2ccc(C(=O)Nc3ccccc3N)cc2)c2ccc(OC)cc2)cc1. The van der Waals surface area contributed by atoms with Crippen molar-refractivity contribution in [2.75, 3.05) is 25.3 Å². The topological polar surface area (TPSA) is 120 Å². The molecular weight excluding hydrogens is 506 g/mol. The van der Waals surface area contributed by atoms with Crippen molar-refractivity contribution in [2.45, 2.75) is 6.54 Å². The average Bonchev–Trinajstić information content (AvgIpc) is 3.00. The second-order valence-corrected chi connectivity index (χ2v) is 8.82. The van der Waals surface area contributed by atoms with E-state index in [1.807, 2.05) is 0 Å². The summed E-state index contributed by atoms with van der Waals surface area (Å²) in [7, 11) is 2.90. The van der Waals surface area contributed by atoms with Crippen LogP contribution in [0.2, 0.25) is 0 Å². The van der Waals surface area contributed by atoms with Gasteiger partial charge in [-0.1, -0.05) is 48.5 Å². The molecule has 0 atom stereocenters. The number of rotatable bonds is 9. The summed E-state index contributed by atoms with van der Waals surface area (Å²) in [6.45, 7) is 0.251. The van der Waals surface area contributed by atoms with Crippen molar-refractivity contribution < 1.29 is 23.9 Å². The molecule has 0 heterocycles. The van der Waals surface area contributed by atoms with Gasteiger partial charge in [0.2, 0.25) is 0 Å². The lowest BCUT2D eigenvalue weighted by Crippen LogP contribution is -2.24. The summed E-state index contributed by atoms with van der Waals surface area (Å²) in [6.07, 6.45) is 1.75. The van der Waals surface area contributed by atoms with Gasteiger partial charge in [0, 0.05) is 17.7 Å². The fourth-order valence-electron chi connectivity index (χ4n) is 3.91. The summed E-state index contributed by atoms with van der Waals surface area (Å²) >= 11 is 0. The Hall–Kier alpha value is -5.37. The molecule has 4 N–H and O–H groups in total. The van der Waals surface area contributed by atoms with Crippen molar-refractivity contribution in [2.24, 2.45) is 0 Å². The Bertz CT molecular complexity index is 1530. The number of carbonyl (C=O) groups is 3. The maximum Gasteiger partial charge on any atom is 0.337 e. The highest BCUT2D eigenvalue weighted by Crippen LogP contribution is 2.23. The molecule has 0 unspecified atom stereocenters. The number of ether oxygens (including phenoxy) is 2. The summed E-state index contributed by atoms with van der Waals surface area (Å²) in [5.41, 5.74) is 10.5. The summed E-state index contributed by atoms with van der Waals surface area (Å²) in [5.74, 6) is -0.332. The van der Waals surface area contributed by atoms with E-state index in [0.29, 0.717) is 39.4 Å². The first-order valence-electron chi connectivity index (χ1n) is 12.5. The van der Waals surface area contributed by atoms with Crippen LogP contribution >= 0.6 is 0 Å². The highest BCUT2D eigenvalue weighted by Gasteiger charge is 2.14. The Balaban J connectivity index is 1.48. The summed E-state index contributed by atoms with van der Waals surface area (Å²) in [6, 6.07) is 27.9. The molecule has 0 saturated carbocycles. The van der Waals surface area contributed by atoms with Gasteiger partial charge in [0.15, 0.2) is 0 Å². The van der Waals surface area contributed by atoms with Crippen LogP contribution in [0, 0.1) is 0 Å². The second-order valence-electron chi connectivity index (χ2n) is 8.82. The fourth-order valence-corrected chi connectivity index (χ4v) is 3.91. The number of hydrogen-bond donors (Lipinski definition) is 3. The van der Waals surface area contributed by atoms with Gasteiger partial charge in [0.25, 0.3) is 11.8 Å². The van der Waals surface area contributed by atoms with Crippen molar-refractivity contribution in [1.82, 2.24) is 5.32 Å². The zero-order valence-electron chi connectivity index (χ0n) is 22.1. The molecule has 0 bridgehead atoms. The number of methoxy groups -OCH3 is 2. The van der Waals surface area contributed by atoms with E-state index < -0.39 is 5.97 Å². The fraction of sp³-hybridized carbons (Fsp3) is 0.0938. The quantitative estimate of drug-likeness (QED) is 0.118. The third-order valence-electron chi connectivity index (χ3n) is 6.17. The molecule has 0 aliphatic carbocycles. The van der Waals surface area contributed by atoms with Crippen molar-refractivity contribution >= 4 is 40.8 Å². The third-order valence-corrected chi connectivity index (χ3v) is 6.17. The molecule has 40 heavy (non-hydrogen) atoms. The third kappa shape index (κ3) is 6.93. The van der Waals surface area contributed by atoms with Crippen molar-refractivity contribution in [3.05, 3.63) is 125 Å². The molecule has 4 aromatic carbocycles. The van der Waals surface area contributed by atoms with E-state index in [1.54, 1.807) is 110 Å². The number of nitrogens with two attached hydrogens (primary N) is 1. The Labute approximate surface area is 232 Å². The van der Waals surface area contributed by atoms with E-state index in [2.05, 4.69) is 10.6 Å². The van der Waals surface area contributed by atoms with E-state index in [-0.39, 0.29) is 18.4 Å². The van der Waals surface area contributed by atoms with Crippen LogP contribution in [0.4, 0.5) is 11.4 Å². The molecule has 0 aliphatic heterocycles. The Morgan fingerprint density at radius 1 is 0.775 bits per heavy atom. The van der Waals surface area contributed by atoms with Gasteiger partial charge in [0.05, 0.1) is 31.2 Å². The molecule has 8 nitrogen and oxygen atoms in total. The molecule has 0 radical (unpaired) electrons. The van der Waals surface area contributed by atoms with Crippen molar-refractivity contribution in [3.63, 3.8) is 0 Å². The lowest BCUT2D eigenvalue weighted by Gasteiger charge is -2.12. The number of nitrogens with one attached hydrogen (secondary N) is 2. The first-order chi connectivity index (χ1) is 19.4. The van der Waals surface area contributed by atoms with E-state index in [1.165, 1.54) is 7.11 Å². The molecule has 8 heteroatoms. The van der Waals surface area contributed by atoms with Crippen LogP contribution < -0.4 is 21.1 Å². The number of anilines is 2. The molecule has 202 valence electrons. The predicted molar refractivity (Wildman–Crippen MR) is 156 cm³/mol. The van der Waals surface area contributed by atoms with Gasteiger partial charge in [-0.3, -0.25) is 9.59 Å². The van der Waals surface area contributed by atoms with Crippen LogP contribution in [-0.4, -0.2) is 32.0 Å². The largest absolute Gasteiger partial charge is 0.497 e. The number of amides is 2. The molecule has 0 aliphatic rings.